The number of rotatable bonds is 3. The molecule has 0 aromatic heterocycles. The van der Waals surface area contributed by atoms with Crippen LogP contribution in [0.25, 0.3) is 0 Å². The normalized spacial score (nSPS) is 29.3. The molecule has 2 aliphatic heterocycles. The molecule has 122 valence electrons. The Morgan fingerprint density at radius 1 is 1.29 bits per heavy atom. The number of thioether (sulfide) groups is 2. The number of esters is 1. The van der Waals surface area contributed by atoms with E-state index >= 15 is 0 Å². The van der Waals surface area contributed by atoms with Gasteiger partial charge < -0.3 is 14.6 Å². The Morgan fingerprint density at radius 3 is 2.48 bits per heavy atom. The van der Waals surface area contributed by atoms with Crippen molar-refractivity contribution in [3.8, 4) is 0 Å². The van der Waals surface area contributed by atoms with Crippen molar-refractivity contribution in [2.24, 2.45) is 0 Å². The van der Waals surface area contributed by atoms with Crippen LogP contribution in [-0.4, -0.2) is 51.1 Å². The minimum Gasteiger partial charge on any atom is -0.460 e. The summed E-state index contributed by atoms with van der Waals surface area (Å²) in [6.07, 6.45) is 2.92. The maximum atomic E-state index is 12.0. The van der Waals surface area contributed by atoms with E-state index in [9.17, 15) is 9.90 Å². The van der Waals surface area contributed by atoms with Crippen molar-refractivity contribution in [1.29, 1.82) is 0 Å². The fourth-order valence-corrected chi connectivity index (χ4v) is 6.35. The Kier molecular flexibility index (Phi) is 5.91. The summed E-state index contributed by atoms with van der Waals surface area (Å²) >= 11 is 3.94. The Labute approximate surface area is 135 Å². The molecule has 2 aliphatic rings. The molecule has 0 amide bonds. The molecule has 0 aliphatic carbocycles. The van der Waals surface area contributed by atoms with E-state index in [1.807, 2.05) is 44.3 Å². The second-order valence-electron chi connectivity index (χ2n) is 6.72. The van der Waals surface area contributed by atoms with Crippen LogP contribution < -0.4 is 0 Å². The molecule has 0 unspecified atom stereocenters. The molecule has 1 spiro atoms. The number of hydrogen-bond donors (Lipinski definition) is 1. The van der Waals surface area contributed by atoms with Gasteiger partial charge in [-0.1, -0.05) is 0 Å². The van der Waals surface area contributed by atoms with E-state index in [1.165, 1.54) is 6.42 Å². The maximum absolute atomic E-state index is 12.0. The number of aliphatic hydroxyl groups excluding tert-OH is 1. The highest BCUT2D eigenvalue weighted by atomic mass is 32.2. The predicted molar refractivity (Wildman–Crippen MR) is 87.7 cm³/mol. The molecule has 0 aromatic rings. The van der Waals surface area contributed by atoms with Gasteiger partial charge in [0.25, 0.3) is 0 Å². The molecule has 1 N–H and O–H groups in total. The van der Waals surface area contributed by atoms with Gasteiger partial charge in [-0.15, -0.1) is 23.5 Å². The van der Waals surface area contributed by atoms with Crippen molar-refractivity contribution in [3.05, 3.63) is 0 Å². The van der Waals surface area contributed by atoms with Crippen molar-refractivity contribution in [1.82, 2.24) is 0 Å². The first kappa shape index (κ1) is 17.4. The predicted octanol–water partition coefficient (Wildman–Crippen LogP) is 2.82. The molecule has 2 heterocycles. The second kappa shape index (κ2) is 7.11. The molecule has 4 nitrogen and oxygen atoms in total. The van der Waals surface area contributed by atoms with Gasteiger partial charge in [-0.2, -0.15) is 0 Å². The van der Waals surface area contributed by atoms with Crippen LogP contribution in [0.5, 0.6) is 0 Å². The Morgan fingerprint density at radius 2 is 1.90 bits per heavy atom. The SMILES string of the molecule is CC(C)(C)OC(=O)C[C@@H]1CC2(C[C@H](CO)O1)SCCCS2. The molecule has 2 rings (SSSR count). The number of hydrogen-bond acceptors (Lipinski definition) is 6. The van der Waals surface area contributed by atoms with Gasteiger partial charge in [-0.25, -0.2) is 0 Å². The summed E-state index contributed by atoms with van der Waals surface area (Å²) < 4.78 is 11.4. The van der Waals surface area contributed by atoms with Crippen LogP contribution in [0, 0.1) is 0 Å². The minimum absolute atomic E-state index is 0.0215. The lowest BCUT2D eigenvalue weighted by molar-refractivity contribution is -0.161. The molecular formula is C15H26O4S2. The van der Waals surface area contributed by atoms with E-state index in [0.29, 0.717) is 0 Å². The van der Waals surface area contributed by atoms with Gasteiger partial charge in [-0.3, -0.25) is 4.79 Å². The fourth-order valence-electron chi connectivity index (χ4n) is 2.80. The lowest BCUT2D eigenvalue weighted by atomic mass is 10.0. The molecule has 6 heteroatoms. The lowest BCUT2D eigenvalue weighted by Crippen LogP contribution is -2.45. The third-order valence-electron chi connectivity index (χ3n) is 3.50. The van der Waals surface area contributed by atoms with Gasteiger partial charge in [0.1, 0.15) is 5.60 Å². The van der Waals surface area contributed by atoms with Gasteiger partial charge in [0.05, 0.1) is 29.3 Å². The van der Waals surface area contributed by atoms with Crippen molar-refractivity contribution in [2.45, 2.75) is 68.3 Å². The van der Waals surface area contributed by atoms with E-state index in [-0.39, 0.29) is 35.3 Å². The van der Waals surface area contributed by atoms with Crippen LogP contribution in [0.4, 0.5) is 0 Å². The first-order valence-electron chi connectivity index (χ1n) is 7.58. The van der Waals surface area contributed by atoms with Crippen molar-refractivity contribution in [2.75, 3.05) is 18.1 Å². The van der Waals surface area contributed by atoms with Crippen LogP contribution in [-0.2, 0) is 14.3 Å². The second-order valence-corrected chi connectivity index (χ2v) is 9.94. The molecule has 0 saturated carbocycles. The molecule has 2 fully saturated rings. The van der Waals surface area contributed by atoms with Gasteiger partial charge in [0.2, 0.25) is 0 Å². The topological polar surface area (TPSA) is 55.8 Å². The van der Waals surface area contributed by atoms with Gasteiger partial charge in [0.15, 0.2) is 0 Å². The first-order valence-corrected chi connectivity index (χ1v) is 9.55. The van der Waals surface area contributed by atoms with Crippen molar-refractivity contribution < 1.29 is 19.4 Å². The highest BCUT2D eigenvalue weighted by Crippen LogP contribution is 2.51. The Bertz CT molecular complexity index is 361. The van der Waals surface area contributed by atoms with E-state index in [4.69, 9.17) is 9.47 Å². The summed E-state index contributed by atoms with van der Waals surface area (Å²) in [4.78, 5) is 12.0. The van der Waals surface area contributed by atoms with Crippen LogP contribution >= 0.6 is 23.5 Å². The van der Waals surface area contributed by atoms with Crippen LogP contribution in [0.1, 0.15) is 46.5 Å². The third kappa shape index (κ3) is 5.34. The molecule has 0 aromatic carbocycles. The van der Waals surface area contributed by atoms with E-state index < -0.39 is 5.60 Å². The average molecular weight is 335 g/mol. The smallest absolute Gasteiger partial charge is 0.308 e. The van der Waals surface area contributed by atoms with Crippen LogP contribution in [0.15, 0.2) is 0 Å². The van der Waals surface area contributed by atoms with Gasteiger partial charge >= 0.3 is 5.97 Å². The fraction of sp³-hybridized carbons (Fsp3) is 0.933. The summed E-state index contributed by atoms with van der Waals surface area (Å²) in [5, 5.41) is 9.48. The quantitative estimate of drug-likeness (QED) is 0.801. The first-order chi connectivity index (χ1) is 9.82. The third-order valence-corrected chi connectivity index (χ3v) is 6.91. The van der Waals surface area contributed by atoms with Crippen molar-refractivity contribution in [3.63, 3.8) is 0 Å². The highest BCUT2D eigenvalue weighted by Gasteiger charge is 2.44. The average Bonchev–Trinajstić information content (AvgIpc) is 2.36. The standard InChI is InChI=1S/C15H26O4S2/c1-14(2,3)19-13(17)7-11-8-15(9-12(10-16)18-11)20-5-4-6-21-15/h11-12,16H,4-10H2,1-3H3/t11-,12-/m1/s1. The van der Waals surface area contributed by atoms with E-state index in [1.54, 1.807) is 0 Å². The summed E-state index contributed by atoms with van der Waals surface area (Å²) in [6, 6.07) is 0. The zero-order valence-corrected chi connectivity index (χ0v) is 14.7. The zero-order chi connectivity index (χ0) is 15.5. The highest BCUT2D eigenvalue weighted by molar-refractivity contribution is 8.18. The number of aliphatic hydroxyl groups is 1. The number of carbonyl (C=O) groups excluding carboxylic acids is 1. The molecule has 2 atom stereocenters. The van der Waals surface area contributed by atoms with Gasteiger partial charge in [-0.05, 0) is 51.5 Å². The monoisotopic (exact) mass is 334 g/mol. The molecule has 21 heavy (non-hydrogen) atoms. The summed E-state index contributed by atoms with van der Waals surface area (Å²) in [6.45, 7) is 5.64. The minimum atomic E-state index is -0.464. The molecule has 0 radical (unpaired) electrons. The van der Waals surface area contributed by atoms with Crippen LogP contribution in [0.2, 0.25) is 0 Å². The molecule has 2 saturated heterocycles. The largest absolute Gasteiger partial charge is 0.460 e. The lowest BCUT2D eigenvalue weighted by Gasteiger charge is -2.45. The summed E-state index contributed by atoms with van der Waals surface area (Å²) in [5.74, 6) is 2.10. The Balaban J connectivity index is 1.96. The number of ether oxygens (including phenoxy) is 2. The summed E-state index contributed by atoms with van der Waals surface area (Å²) in [5.41, 5.74) is -0.464. The van der Waals surface area contributed by atoms with E-state index in [0.717, 1.165) is 24.3 Å². The Hall–Kier alpha value is 0.0900. The van der Waals surface area contributed by atoms with Gasteiger partial charge in [0, 0.05) is 0 Å². The molecule has 0 bridgehead atoms. The number of carbonyl (C=O) groups is 1. The van der Waals surface area contributed by atoms with Crippen LogP contribution in [0.3, 0.4) is 0 Å². The summed E-state index contributed by atoms with van der Waals surface area (Å²) in [7, 11) is 0. The maximum Gasteiger partial charge on any atom is 0.308 e. The zero-order valence-electron chi connectivity index (χ0n) is 13.1. The van der Waals surface area contributed by atoms with E-state index in [2.05, 4.69) is 0 Å². The molecular weight excluding hydrogens is 308 g/mol. The van der Waals surface area contributed by atoms with Crippen molar-refractivity contribution >= 4 is 29.5 Å².